The smallest absolute Gasteiger partial charge is 0.310 e. The summed E-state index contributed by atoms with van der Waals surface area (Å²) in [4.78, 5) is 11.0. The zero-order valence-corrected chi connectivity index (χ0v) is 9.00. The highest BCUT2D eigenvalue weighted by atomic mass is 16.4. The lowest BCUT2D eigenvalue weighted by Crippen LogP contribution is -2.10. The minimum atomic E-state index is -0.806. The molecule has 1 heterocycles. The van der Waals surface area contributed by atoms with Crippen LogP contribution in [-0.4, -0.2) is 15.6 Å². The molecule has 0 amide bonds. The number of nitrogens with zero attached hydrogens (tertiary/aromatic N) is 1. The predicted octanol–water partition coefficient (Wildman–Crippen LogP) is 2.67. The van der Waals surface area contributed by atoms with E-state index in [-0.39, 0.29) is 0 Å². The SMILES string of the molecule is CC(C(=O)O)c1ccccc1-n1cccc1. The molecule has 2 aromatic rings. The molecule has 82 valence electrons. The molecule has 0 spiro atoms. The first-order chi connectivity index (χ1) is 7.70. The summed E-state index contributed by atoms with van der Waals surface area (Å²) in [6, 6.07) is 11.4. The van der Waals surface area contributed by atoms with Gasteiger partial charge in [-0.1, -0.05) is 18.2 Å². The average molecular weight is 215 g/mol. The van der Waals surface area contributed by atoms with Gasteiger partial charge in [-0.3, -0.25) is 4.79 Å². The Morgan fingerprint density at radius 2 is 1.81 bits per heavy atom. The van der Waals surface area contributed by atoms with Crippen LogP contribution in [0.15, 0.2) is 48.8 Å². The van der Waals surface area contributed by atoms with E-state index in [0.29, 0.717) is 0 Å². The molecule has 0 saturated carbocycles. The monoisotopic (exact) mass is 215 g/mol. The lowest BCUT2D eigenvalue weighted by molar-refractivity contribution is -0.138. The van der Waals surface area contributed by atoms with Crippen LogP contribution in [0.1, 0.15) is 18.4 Å². The van der Waals surface area contributed by atoms with Crippen LogP contribution >= 0.6 is 0 Å². The molecule has 0 aliphatic heterocycles. The van der Waals surface area contributed by atoms with Gasteiger partial charge in [-0.25, -0.2) is 0 Å². The standard InChI is InChI=1S/C13H13NO2/c1-10(13(15)16)11-6-2-3-7-12(11)14-8-4-5-9-14/h2-10H,1H3,(H,15,16). The highest BCUT2D eigenvalue weighted by Crippen LogP contribution is 2.23. The molecular formula is C13H13NO2. The second-order valence-electron chi connectivity index (χ2n) is 3.71. The summed E-state index contributed by atoms with van der Waals surface area (Å²) in [7, 11) is 0. The van der Waals surface area contributed by atoms with Gasteiger partial charge in [0.15, 0.2) is 0 Å². The first-order valence-corrected chi connectivity index (χ1v) is 5.15. The van der Waals surface area contributed by atoms with Gasteiger partial charge in [0.2, 0.25) is 0 Å². The summed E-state index contributed by atoms with van der Waals surface area (Å²) in [5, 5.41) is 9.05. The Kier molecular flexibility index (Phi) is 2.77. The van der Waals surface area contributed by atoms with E-state index < -0.39 is 11.9 Å². The minimum absolute atomic E-state index is 0.501. The van der Waals surface area contributed by atoms with E-state index >= 15 is 0 Å². The fourth-order valence-corrected chi connectivity index (χ4v) is 1.72. The quantitative estimate of drug-likeness (QED) is 0.855. The Bertz CT molecular complexity index is 488. The number of para-hydroxylation sites is 1. The molecule has 1 N–H and O–H groups in total. The summed E-state index contributed by atoms with van der Waals surface area (Å²) < 4.78 is 1.93. The van der Waals surface area contributed by atoms with Crippen LogP contribution in [0.2, 0.25) is 0 Å². The third-order valence-corrected chi connectivity index (χ3v) is 2.66. The summed E-state index contributed by atoms with van der Waals surface area (Å²) in [6.45, 7) is 1.70. The van der Waals surface area contributed by atoms with Crippen molar-refractivity contribution in [1.82, 2.24) is 4.57 Å². The number of benzene rings is 1. The van der Waals surface area contributed by atoms with E-state index in [1.54, 1.807) is 6.92 Å². The van der Waals surface area contributed by atoms with Gasteiger partial charge >= 0.3 is 5.97 Å². The third kappa shape index (κ3) is 1.84. The Morgan fingerprint density at radius 1 is 1.19 bits per heavy atom. The second-order valence-corrected chi connectivity index (χ2v) is 3.71. The lowest BCUT2D eigenvalue weighted by Gasteiger charge is -2.13. The number of carboxylic acids is 1. The van der Waals surface area contributed by atoms with Crippen LogP contribution in [0.3, 0.4) is 0 Å². The maximum absolute atomic E-state index is 11.0. The highest BCUT2D eigenvalue weighted by Gasteiger charge is 2.17. The lowest BCUT2D eigenvalue weighted by atomic mass is 9.99. The van der Waals surface area contributed by atoms with Crippen molar-refractivity contribution < 1.29 is 9.90 Å². The fraction of sp³-hybridized carbons (Fsp3) is 0.154. The molecule has 0 radical (unpaired) electrons. The van der Waals surface area contributed by atoms with Crippen molar-refractivity contribution >= 4 is 5.97 Å². The molecule has 1 atom stereocenters. The number of carbonyl (C=O) groups is 1. The van der Waals surface area contributed by atoms with E-state index in [2.05, 4.69) is 0 Å². The van der Waals surface area contributed by atoms with Crippen molar-refractivity contribution in [3.05, 3.63) is 54.4 Å². The summed E-state index contributed by atoms with van der Waals surface area (Å²) in [6.07, 6.45) is 3.82. The molecule has 2 rings (SSSR count). The van der Waals surface area contributed by atoms with Gasteiger partial charge in [0.25, 0.3) is 0 Å². The summed E-state index contributed by atoms with van der Waals surface area (Å²) in [5.41, 5.74) is 1.74. The van der Waals surface area contributed by atoms with Crippen molar-refractivity contribution in [3.8, 4) is 5.69 Å². The normalized spacial score (nSPS) is 12.3. The first-order valence-electron chi connectivity index (χ1n) is 5.15. The van der Waals surface area contributed by atoms with Crippen LogP contribution in [0.5, 0.6) is 0 Å². The van der Waals surface area contributed by atoms with Crippen LogP contribution in [0, 0.1) is 0 Å². The van der Waals surface area contributed by atoms with Gasteiger partial charge in [-0.05, 0) is 30.7 Å². The first kappa shape index (κ1) is 10.5. The van der Waals surface area contributed by atoms with Gasteiger partial charge in [-0.15, -0.1) is 0 Å². The number of hydrogen-bond acceptors (Lipinski definition) is 1. The molecule has 1 aromatic heterocycles. The van der Waals surface area contributed by atoms with Gasteiger partial charge in [0.1, 0.15) is 0 Å². The Hall–Kier alpha value is -2.03. The van der Waals surface area contributed by atoms with Crippen LogP contribution in [0.4, 0.5) is 0 Å². The predicted molar refractivity (Wildman–Crippen MR) is 61.8 cm³/mol. The van der Waals surface area contributed by atoms with Gasteiger partial charge in [0, 0.05) is 18.1 Å². The molecule has 0 bridgehead atoms. The number of carboxylic acid groups (broad SMARTS) is 1. The molecule has 0 aliphatic rings. The molecule has 3 heteroatoms. The molecular weight excluding hydrogens is 202 g/mol. The maximum Gasteiger partial charge on any atom is 0.310 e. The van der Waals surface area contributed by atoms with Crippen molar-refractivity contribution in [2.45, 2.75) is 12.8 Å². The van der Waals surface area contributed by atoms with Crippen molar-refractivity contribution in [3.63, 3.8) is 0 Å². The van der Waals surface area contributed by atoms with Gasteiger partial charge in [-0.2, -0.15) is 0 Å². The molecule has 0 saturated heterocycles. The van der Waals surface area contributed by atoms with Crippen molar-refractivity contribution in [2.24, 2.45) is 0 Å². The van der Waals surface area contributed by atoms with E-state index in [0.717, 1.165) is 11.3 Å². The van der Waals surface area contributed by atoms with Crippen LogP contribution in [0.25, 0.3) is 5.69 Å². The van der Waals surface area contributed by atoms with E-state index in [1.165, 1.54) is 0 Å². The molecule has 1 aromatic carbocycles. The largest absolute Gasteiger partial charge is 0.481 e. The van der Waals surface area contributed by atoms with Gasteiger partial charge < -0.3 is 9.67 Å². The molecule has 0 fully saturated rings. The molecule has 16 heavy (non-hydrogen) atoms. The second kappa shape index (κ2) is 4.23. The minimum Gasteiger partial charge on any atom is -0.481 e. The highest BCUT2D eigenvalue weighted by molar-refractivity contribution is 5.77. The Morgan fingerprint density at radius 3 is 2.44 bits per heavy atom. The third-order valence-electron chi connectivity index (χ3n) is 2.66. The van der Waals surface area contributed by atoms with Crippen LogP contribution < -0.4 is 0 Å². The Balaban J connectivity index is 2.50. The van der Waals surface area contributed by atoms with Crippen LogP contribution in [-0.2, 0) is 4.79 Å². The maximum atomic E-state index is 11.0. The molecule has 0 aliphatic carbocycles. The number of rotatable bonds is 3. The van der Waals surface area contributed by atoms with E-state index in [9.17, 15) is 4.79 Å². The topological polar surface area (TPSA) is 42.2 Å². The van der Waals surface area contributed by atoms with Gasteiger partial charge in [0.05, 0.1) is 5.92 Å². The van der Waals surface area contributed by atoms with Crippen molar-refractivity contribution in [1.29, 1.82) is 0 Å². The van der Waals surface area contributed by atoms with E-state index in [1.807, 2.05) is 53.4 Å². The molecule has 3 nitrogen and oxygen atoms in total. The van der Waals surface area contributed by atoms with E-state index in [4.69, 9.17) is 5.11 Å². The molecule has 1 unspecified atom stereocenters. The average Bonchev–Trinajstić information content (AvgIpc) is 2.81. The summed E-state index contributed by atoms with van der Waals surface area (Å²) >= 11 is 0. The zero-order chi connectivity index (χ0) is 11.5. The number of hydrogen-bond donors (Lipinski definition) is 1. The zero-order valence-electron chi connectivity index (χ0n) is 9.00. The summed E-state index contributed by atoms with van der Waals surface area (Å²) in [5.74, 6) is -1.31. The number of aromatic nitrogens is 1. The van der Waals surface area contributed by atoms with Crippen molar-refractivity contribution in [2.75, 3.05) is 0 Å². The fourth-order valence-electron chi connectivity index (χ4n) is 1.72. The number of aliphatic carboxylic acids is 1. The Labute approximate surface area is 94.0 Å².